The highest BCUT2D eigenvalue weighted by Crippen LogP contribution is 2.44. The number of carbonyl (C=O) groups excluding carboxylic acids is 1. The summed E-state index contributed by atoms with van der Waals surface area (Å²) in [4.78, 5) is 30.5. The summed E-state index contributed by atoms with van der Waals surface area (Å²) >= 11 is 1.75. The second-order valence-electron chi connectivity index (χ2n) is 8.56. The van der Waals surface area contributed by atoms with E-state index in [1.54, 1.807) is 24.5 Å². The van der Waals surface area contributed by atoms with Crippen molar-refractivity contribution in [2.45, 2.75) is 39.1 Å². The Morgan fingerprint density at radius 1 is 1.34 bits per heavy atom. The molecule has 29 heavy (non-hydrogen) atoms. The predicted molar refractivity (Wildman–Crippen MR) is 122 cm³/mol. The van der Waals surface area contributed by atoms with E-state index in [1.807, 2.05) is 9.71 Å². The van der Waals surface area contributed by atoms with Gasteiger partial charge in [-0.2, -0.15) is 13.5 Å². The smallest absolute Gasteiger partial charge is 0.377 e. The maximum atomic E-state index is 12.9. The molecule has 1 atom stereocenters. The van der Waals surface area contributed by atoms with Gasteiger partial charge in [-0.15, -0.1) is 11.3 Å². The number of aryl methyl sites for hydroxylation is 1. The molecule has 0 saturated carbocycles. The van der Waals surface area contributed by atoms with E-state index in [0.29, 0.717) is 0 Å². The normalized spacial score (nSPS) is 23.1. The molecule has 3 saturated heterocycles. The topological polar surface area (TPSA) is 72.8 Å². The van der Waals surface area contributed by atoms with E-state index in [4.69, 9.17) is 0 Å². The molecule has 2 aromatic rings. The second-order valence-corrected chi connectivity index (χ2v) is 9.68. The maximum Gasteiger partial charge on any atom is 0.377 e. The second kappa shape index (κ2) is 7.72. The molecular weight excluding hydrogens is 405 g/mol. The van der Waals surface area contributed by atoms with Gasteiger partial charge in [0.2, 0.25) is 5.91 Å². The fourth-order valence-electron chi connectivity index (χ4n) is 5.06. The molecule has 0 aromatic carbocycles. The molecule has 156 valence electrons. The first-order valence-electron chi connectivity index (χ1n) is 10.2. The lowest BCUT2D eigenvalue weighted by Crippen LogP contribution is -2.74. The van der Waals surface area contributed by atoms with Crippen molar-refractivity contribution in [3.63, 3.8) is 0 Å². The first-order chi connectivity index (χ1) is 13.5. The molecule has 5 heterocycles. The van der Waals surface area contributed by atoms with Crippen molar-refractivity contribution in [3.05, 3.63) is 17.3 Å². The van der Waals surface area contributed by atoms with E-state index in [2.05, 4.69) is 27.9 Å². The first-order valence-corrected chi connectivity index (χ1v) is 11.0. The van der Waals surface area contributed by atoms with E-state index < -0.39 is 7.05 Å². The van der Waals surface area contributed by atoms with Gasteiger partial charge in [0, 0.05) is 36.5 Å². The van der Waals surface area contributed by atoms with Crippen molar-refractivity contribution in [2.75, 3.05) is 37.6 Å². The van der Waals surface area contributed by atoms with Crippen LogP contribution in [0.1, 0.15) is 24.6 Å². The van der Waals surface area contributed by atoms with Crippen LogP contribution in [-0.2, 0) is 11.2 Å². The Bertz CT molecular complexity index is 909. The molecule has 2 aromatic heterocycles. The zero-order chi connectivity index (χ0) is 19.5. The lowest BCUT2D eigenvalue weighted by atomic mass is 9.72. The molecule has 0 unspecified atom stereocenters. The largest absolute Gasteiger partial charge is 0.437 e. The molecular formula is C19H28BN5O2S2. The van der Waals surface area contributed by atoms with Crippen LogP contribution in [-0.4, -0.2) is 76.4 Å². The average molecular weight is 433 g/mol. The van der Waals surface area contributed by atoms with Crippen molar-refractivity contribution in [2.24, 2.45) is 5.41 Å². The quantitative estimate of drug-likeness (QED) is 0.739. The Labute approximate surface area is 182 Å². The number of likely N-dealkylation sites (tertiary alicyclic amines) is 1. The highest BCUT2D eigenvalue weighted by atomic mass is 32.1. The maximum absolute atomic E-state index is 12.9. The summed E-state index contributed by atoms with van der Waals surface area (Å²) in [6.07, 6.45) is 4.53. The fourth-order valence-corrected chi connectivity index (χ4v) is 5.99. The SMILES string of the molecule is CCc1cc2c(N3CC4(CN(C(=O)[C@@H]5CCCN5B(C)O)C4)C3)ncnc2s1.S. The van der Waals surface area contributed by atoms with Crippen LogP contribution in [0.5, 0.6) is 0 Å². The Morgan fingerprint density at radius 3 is 2.79 bits per heavy atom. The van der Waals surface area contributed by atoms with E-state index in [0.717, 1.165) is 68.0 Å². The molecule has 0 aliphatic carbocycles. The Hall–Kier alpha value is -1.36. The summed E-state index contributed by atoms with van der Waals surface area (Å²) in [5.74, 6) is 1.23. The van der Waals surface area contributed by atoms with Crippen LogP contribution in [0.15, 0.2) is 12.4 Å². The molecule has 0 bridgehead atoms. The van der Waals surface area contributed by atoms with Gasteiger partial charge in [-0.1, -0.05) is 6.92 Å². The fraction of sp³-hybridized carbons (Fsp3) is 0.632. The predicted octanol–water partition coefficient (Wildman–Crippen LogP) is 1.59. The van der Waals surface area contributed by atoms with Crippen molar-refractivity contribution in [1.29, 1.82) is 0 Å². The van der Waals surface area contributed by atoms with Gasteiger partial charge >= 0.3 is 7.05 Å². The third kappa shape index (κ3) is 3.43. The molecule has 1 N–H and O–H groups in total. The van der Waals surface area contributed by atoms with Crippen molar-refractivity contribution in [1.82, 2.24) is 19.7 Å². The lowest BCUT2D eigenvalue weighted by Gasteiger charge is -2.61. The summed E-state index contributed by atoms with van der Waals surface area (Å²) in [5.41, 5.74) is 0.213. The number of nitrogens with zero attached hydrogens (tertiary/aromatic N) is 5. The van der Waals surface area contributed by atoms with Gasteiger partial charge in [0.05, 0.1) is 11.4 Å². The van der Waals surface area contributed by atoms with Crippen molar-refractivity contribution >= 4 is 53.8 Å². The van der Waals surface area contributed by atoms with E-state index in [9.17, 15) is 9.82 Å². The minimum absolute atomic E-state index is 0. The average Bonchev–Trinajstić information content (AvgIpc) is 3.26. The van der Waals surface area contributed by atoms with Gasteiger partial charge < -0.3 is 19.6 Å². The monoisotopic (exact) mass is 433 g/mol. The van der Waals surface area contributed by atoms with Gasteiger partial charge in [0.25, 0.3) is 0 Å². The van der Waals surface area contributed by atoms with E-state index in [1.165, 1.54) is 4.88 Å². The lowest BCUT2D eigenvalue weighted by molar-refractivity contribution is -0.149. The first kappa shape index (κ1) is 20.9. The third-order valence-electron chi connectivity index (χ3n) is 6.48. The number of aromatic nitrogens is 2. The number of hydrogen-bond acceptors (Lipinski definition) is 7. The van der Waals surface area contributed by atoms with Crippen LogP contribution >= 0.6 is 24.8 Å². The summed E-state index contributed by atoms with van der Waals surface area (Å²) in [6.45, 7) is 8.28. The molecule has 1 amide bonds. The zero-order valence-electron chi connectivity index (χ0n) is 17.0. The minimum Gasteiger partial charge on any atom is -0.437 e. The highest BCUT2D eigenvalue weighted by molar-refractivity contribution is 7.59. The standard InChI is InChI=1S/C19H26BN5O2S.H2S/c1-3-13-7-14-16(21-12-22-17(14)28-13)23-8-19(9-23)10-24(11-19)18(26)15-5-4-6-25(15)20(2)27;/h7,12,15,27H,3-6,8-11H2,1-2H3;1H2/t15-;/m0./s1. The third-order valence-corrected chi connectivity index (χ3v) is 7.67. The summed E-state index contributed by atoms with van der Waals surface area (Å²) in [7, 11) is -0.551. The molecule has 3 fully saturated rings. The Morgan fingerprint density at radius 2 is 2.10 bits per heavy atom. The number of anilines is 1. The molecule has 3 aliphatic rings. The van der Waals surface area contributed by atoms with Gasteiger partial charge in [0.1, 0.15) is 17.0 Å². The highest BCUT2D eigenvalue weighted by Gasteiger charge is 2.55. The molecule has 5 rings (SSSR count). The van der Waals surface area contributed by atoms with Crippen LogP contribution in [0.2, 0.25) is 6.82 Å². The van der Waals surface area contributed by atoms with Gasteiger partial charge in [0.15, 0.2) is 0 Å². The molecule has 10 heteroatoms. The van der Waals surface area contributed by atoms with Crippen LogP contribution < -0.4 is 4.90 Å². The van der Waals surface area contributed by atoms with Crippen molar-refractivity contribution < 1.29 is 9.82 Å². The number of rotatable bonds is 4. The van der Waals surface area contributed by atoms with Gasteiger partial charge in [-0.3, -0.25) is 4.79 Å². The molecule has 0 radical (unpaired) electrons. The summed E-state index contributed by atoms with van der Waals surface area (Å²) < 4.78 is 0. The zero-order valence-corrected chi connectivity index (χ0v) is 18.8. The van der Waals surface area contributed by atoms with Crippen LogP contribution in [0.4, 0.5) is 5.82 Å². The summed E-state index contributed by atoms with van der Waals surface area (Å²) in [6, 6.07) is 2.08. The van der Waals surface area contributed by atoms with E-state index >= 15 is 0 Å². The number of hydrogen-bond donors (Lipinski definition) is 1. The number of amides is 1. The molecule has 7 nitrogen and oxygen atoms in total. The van der Waals surface area contributed by atoms with Gasteiger partial charge in [-0.05, 0) is 38.7 Å². The molecule has 1 spiro atoms. The van der Waals surface area contributed by atoms with Crippen LogP contribution in [0.3, 0.4) is 0 Å². The Balaban J connectivity index is 0.00000205. The van der Waals surface area contributed by atoms with Gasteiger partial charge in [-0.25, -0.2) is 9.97 Å². The summed E-state index contributed by atoms with van der Waals surface area (Å²) in [5, 5.41) is 11.1. The number of thiophene rings is 1. The van der Waals surface area contributed by atoms with Crippen LogP contribution in [0.25, 0.3) is 10.2 Å². The minimum atomic E-state index is -0.551. The number of fused-ring (bicyclic) bond motifs is 1. The Kier molecular flexibility index (Phi) is 5.56. The molecule has 3 aliphatic heterocycles. The van der Waals surface area contributed by atoms with Crippen LogP contribution in [0, 0.1) is 5.41 Å². The van der Waals surface area contributed by atoms with E-state index in [-0.39, 0.29) is 30.9 Å². The van der Waals surface area contributed by atoms with Crippen molar-refractivity contribution in [3.8, 4) is 0 Å². The number of carbonyl (C=O) groups is 1.